The molecule has 1 saturated heterocycles. The van der Waals surface area contributed by atoms with Gasteiger partial charge in [-0.3, -0.25) is 4.18 Å². The number of piperidine rings is 1. The maximum Gasteiger partial charge on any atom is 0.420 e. The van der Waals surface area contributed by atoms with Crippen molar-refractivity contribution >= 4 is 30.0 Å². The number of sulfone groups is 1. The molecule has 184 valence electrons. The van der Waals surface area contributed by atoms with Crippen molar-refractivity contribution in [1.82, 2.24) is 4.31 Å². The van der Waals surface area contributed by atoms with Crippen LogP contribution in [0.25, 0.3) is 0 Å². The van der Waals surface area contributed by atoms with E-state index in [1.807, 2.05) is 0 Å². The van der Waals surface area contributed by atoms with E-state index in [1.54, 1.807) is 0 Å². The zero-order valence-corrected chi connectivity index (χ0v) is 19.9. The average Bonchev–Trinajstić information content (AvgIpc) is 2.62. The van der Waals surface area contributed by atoms with Crippen molar-refractivity contribution in [3.8, 4) is 5.75 Å². The van der Waals surface area contributed by atoms with Crippen LogP contribution in [0.15, 0.2) is 23.1 Å². The Labute approximate surface area is 185 Å². The third-order valence-electron chi connectivity index (χ3n) is 4.76. The van der Waals surface area contributed by atoms with Crippen molar-refractivity contribution in [2.24, 2.45) is 5.92 Å². The van der Waals surface area contributed by atoms with E-state index in [1.165, 1.54) is 4.31 Å². The van der Waals surface area contributed by atoms with Crippen molar-refractivity contribution < 1.29 is 47.3 Å². The van der Waals surface area contributed by atoms with Crippen LogP contribution in [0.5, 0.6) is 5.75 Å². The fourth-order valence-electron chi connectivity index (χ4n) is 3.19. The lowest BCUT2D eigenvalue weighted by Crippen LogP contribution is -2.39. The zero-order chi connectivity index (χ0) is 24.5. The summed E-state index contributed by atoms with van der Waals surface area (Å²) in [4.78, 5) is -0.546. The smallest absolute Gasteiger partial charge is 0.420 e. The zero-order valence-electron chi connectivity index (χ0n) is 17.5. The highest BCUT2D eigenvalue weighted by atomic mass is 32.2. The highest BCUT2D eigenvalue weighted by Crippen LogP contribution is 2.39. The lowest BCUT2D eigenvalue weighted by Gasteiger charge is -2.30. The van der Waals surface area contributed by atoms with Gasteiger partial charge < -0.3 is 4.74 Å². The van der Waals surface area contributed by atoms with E-state index < -0.39 is 52.7 Å². The van der Waals surface area contributed by atoms with Crippen LogP contribution in [0.3, 0.4) is 0 Å². The summed E-state index contributed by atoms with van der Waals surface area (Å²) in [6.45, 7) is 0.587. The van der Waals surface area contributed by atoms with Crippen molar-refractivity contribution in [2.75, 3.05) is 38.5 Å². The first-order valence-corrected chi connectivity index (χ1v) is 14.8. The first kappa shape index (κ1) is 26.8. The molecule has 0 bridgehead atoms. The second kappa shape index (κ2) is 9.44. The molecular weight excluding hydrogens is 499 g/mol. The molecular formula is C17H24F3NO8S3. The Kier molecular flexibility index (Phi) is 7.92. The summed E-state index contributed by atoms with van der Waals surface area (Å²) in [5.74, 6) is -0.279. The minimum Gasteiger partial charge on any atom is -0.492 e. The lowest BCUT2D eigenvalue weighted by atomic mass is 9.99. The van der Waals surface area contributed by atoms with Crippen LogP contribution >= 0.6 is 0 Å². The summed E-state index contributed by atoms with van der Waals surface area (Å²) in [6.07, 6.45) is -4.72. The lowest BCUT2D eigenvalue weighted by molar-refractivity contribution is -0.196. The van der Waals surface area contributed by atoms with Crippen LogP contribution in [-0.2, 0) is 34.2 Å². The van der Waals surface area contributed by atoms with Gasteiger partial charge in [0.2, 0.25) is 10.0 Å². The SMILES string of the molecule is CS(=O)(=O)OC(c1ccc(OCC2CCN(S(C)(=O)=O)CC2)c(S(C)(=O)=O)c1)C(F)(F)F. The number of sulfonamides is 1. The number of nitrogens with zero attached hydrogens (tertiary/aromatic N) is 1. The molecule has 1 aliphatic rings. The molecule has 1 unspecified atom stereocenters. The minimum absolute atomic E-state index is 0.0298. The summed E-state index contributed by atoms with van der Waals surface area (Å²) >= 11 is 0. The molecule has 9 nitrogen and oxygen atoms in total. The van der Waals surface area contributed by atoms with Gasteiger partial charge in [0.05, 0.1) is 19.1 Å². The highest BCUT2D eigenvalue weighted by Gasteiger charge is 2.44. The fourth-order valence-corrected chi connectivity index (χ4v) is 5.47. The topological polar surface area (TPSA) is 124 Å². The Morgan fingerprint density at radius 2 is 1.59 bits per heavy atom. The van der Waals surface area contributed by atoms with E-state index in [-0.39, 0.29) is 31.4 Å². The molecule has 32 heavy (non-hydrogen) atoms. The Hall–Kier alpha value is -1.42. The second-order valence-corrected chi connectivity index (χ2v) is 13.2. The number of hydrogen-bond acceptors (Lipinski definition) is 8. The summed E-state index contributed by atoms with van der Waals surface area (Å²) < 4.78 is 121. The number of alkyl halides is 3. The first-order chi connectivity index (χ1) is 14.4. The van der Waals surface area contributed by atoms with Gasteiger partial charge in [0.15, 0.2) is 15.9 Å². The van der Waals surface area contributed by atoms with E-state index >= 15 is 0 Å². The molecule has 0 N–H and O–H groups in total. The van der Waals surface area contributed by atoms with E-state index in [0.29, 0.717) is 25.2 Å². The van der Waals surface area contributed by atoms with E-state index in [2.05, 4.69) is 4.18 Å². The standard InChI is InChI=1S/C17H24F3NO8S3/c1-30(22,23)15-10-13(16(17(18,19)20)29-32(3,26)27)4-5-14(15)28-11-12-6-8-21(9-7-12)31(2,24)25/h4-5,10,12,16H,6-9,11H2,1-3H3. The fraction of sp³-hybridized carbons (Fsp3) is 0.647. The van der Waals surface area contributed by atoms with Gasteiger partial charge in [0.25, 0.3) is 10.1 Å². The van der Waals surface area contributed by atoms with Crippen molar-refractivity contribution in [1.29, 1.82) is 0 Å². The maximum atomic E-state index is 13.4. The van der Waals surface area contributed by atoms with Crippen LogP contribution in [0.1, 0.15) is 24.5 Å². The molecule has 1 aromatic rings. The number of halogens is 3. The molecule has 0 radical (unpaired) electrons. The predicted octanol–water partition coefficient (Wildman–Crippen LogP) is 1.72. The molecule has 15 heteroatoms. The van der Waals surface area contributed by atoms with Gasteiger partial charge in [-0.1, -0.05) is 6.07 Å². The normalized spacial score (nSPS) is 18.4. The van der Waals surface area contributed by atoms with Crippen molar-refractivity contribution in [2.45, 2.75) is 30.0 Å². The number of hydrogen-bond donors (Lipinski definition) is 0. The molecule has 0 saturated carbocycles. The molecule has 1 aliphatic heterocycles. The largest absolute Gasteiger partial charge is 0.492 e. The van der Waals surface area contributed by atoms with Gasteiger partial charge in [-0.15, -0.1) is 0 Å². The Morgan fingerprint density at radius 1 is 1.03 bits per heavy atom. The van der Waals surface area contributed by atoms with Gasteiger partial charge >= 0.3 is 6.18 Å². The molecule has 1 atom stereocenters. The van der Waals surface area contributed by atoms with Gasteiger partial charge in [-0.25, -0.2) is 21.1 Å². The molecule has 0 spiro atoms. The van der Waals surface area contributed by atoms with E-state index in [0.717, 1.165) is 24.6 Å². The number of benzene rings is 1. The van der Waals surface area contributed by atoms with Gasteiger partial charge in [0.1, 0.15) is 10.6 Å². The van der Waals surface area contributed by atoms with Crippen LogP contribution in [-0.4, -0.2) is 74.2 Å². The maximum absolute atomic E-state index is 13.4. The molecule has 0 aromatic heterocycles. The molecule has 0 amide bonds. The summed E-state index contributed by atoms with van der Waals surface area (Å²) in [6, 6.07) is 2.58. The third-order valence-corrected chi connectivity index (χ3v) is 7.72. The summed E-state index contributed by atoms with van der Waals surface area (Å²) in [5, 5.41) is 0. The van der Waals surface area contributed by atoms with E-state index in [4.69, 9.17) is 4.74 Å². The van der Waals surface area contributed by atoms with Gasteiger partial charge in [-0.05, 0) is 36.5 Å². The predicted molar refractivity (Wildman–Crippen MR) is 109 cm³/mol. The Morgan fingerprint density at radius 3 is 2.03 bits per heavy atom. The summed E-state index contributed by atoms with van der Waals surface area (Å²) in [7, 11) is -11.9. The quantitative estimate of drug-likeness (QED) is 0.472. The van der Waals surface area contributed by atoms with Crippen molar-refractivity contribution in [3.05, 3.63) is 23.8 Å². The molecule has 1 aromatic carbocycles. The first-order valence-electron chi connectivity index (χ1n) is 9.25. The van der Waals surface area contributed by atoms with Gasteiger partial charge in [-0.2, -0.15) is 21.6 Å². The monoisotopic (exact) mass is 523 g/mol. The van der Waals surface area contributed by atoms with Crippen LogP contribution in [0, 0.1) is 5.92 Å². The Bertz CT molecular complexity index is 1140. The minimum atomic E-state index is -5.12. The highest BCUT2D eigenvalue weighted by molar-refractivity contribution is 7.90. The Balaban J connectivity index is 2.26. The van der Waals surface area contributed by atoms with Crippen LogP contribution in [0.4, 0.5) is 13.2 Å². The molecule has 0 aliphatic carbocycles. The van der Waals surface area contributed by atoms with Gasteiger partial charge in [0, 0.05) is 19.3 Å². The summed E-state index contributed by atoms with van der Waals surface area (Å²) in [5.41, 5.74) is -0.711. The second-order valence-electron chi connectivity index (χ2n) is 7.62. The molecule has 2 rings (SSSR count). The van der Waals surface area contributed by atoms with Crippen LogP contribution in [0.2, 0.25) is 0 Å². The van der Waals surface area contributed by atoms with Crippen LogP contribution < -0.4 is 4.74 Å². The molecule has 1 fully saturated rings. The number of ether oxygens (including phenoxy) is 1. The molecule has 1 heterocycles. The average molecular weight is 524 g/mol. The third kappa shape index (κ3) is 7.57. The van der Waals surface area contributed by atoms with Crippen molar-refractivity contribution in [3.63, 3.8) is 0 Å². The van der Waals surface area contributed by atoms with E-state index in [9.17, 15) is 38.4 Å². The number of rotatable bonds is 8.